The fourth-order valence-electron chi connectivity index (χ4n) is 1.28. The van der Waals surface area contributed by atoms with Gasteiger partial charge in [0.25, 0.3) is 0 Å². The molecule has 0 radical (unpaired) electrons. The predicted octanol–water partition coefficient (Wildman–Crippen LogP) is 1.95. The van der Waals surface area contributed by atoms with Crippen LogP contribution in [0.1, 0.15) is 16.8 Å². The van der Waals surface area contributed by atoms with Crippen molar-refractivity contribution in [2.75, 3.05) is 11.5 Å². The van der Waals surface area contributed by atoms with Crippen molar-refractivity contribution in [3.05, 3.63) is 23.8 Å². The molecule has 0 fully saturated rings. The van der Waals surface area contributed by atoms with Gasteiger partial charge in [-0.15, -0.1) is 11.8 Å². The number of rotatable bonds is 0. The van der Waals surface area contributed by atoms with Gasteiger partial charge in [-0.05, 0) is 18.2 Å². The van der Waals surface area contributed by atoms with Crippen LogP contribution in [0, 0.1) is 0 Å². The number of carbonyl (C=O) groups excluding carboxylic acids is 1. The van der Waals surface area contributed by atoms with E-state index in [4.69, 9.17) is 5.73 Å². The number of Topliss-reactive ketones (excluding diaryl/α,β-unsaturated/α-hetero) is 1. The van der Waals surface area contributed by atoms with E-state index in [1.165, 1.54) is 0 Å². The van der Waals surface area contributed by atoms with Gasteiger partial charge in [-0.2, -0.15) is 0 Å². The summed E-state index contributed by atoms with van der Waals surface area (Å²) in [4.78, 5) is 12.4. The summed E-state index contributed by atoms with van der Waals surface area (Å²) in [5.74, 6) is 1.12. The first-order chi connectivity index (χ1) is 5.77. The van der Waals surface area contributed by atoms with Crippen molar-refractivity contribution in [2.45, 2.75) is 11.3 Å². The quantitative estimate of drug-likeness (QED) is 0.619. The molecule has 1 aromatic carbocycles. The molecule has 0 unspecified atom stereocenters. The molecule has 62 valence electrons. The number of benzene rings is 1. The Bertz CT molecular complexity index is 335. The summed E-state index contributed by atoms with van der Waals surface area (Å²) in [5, 5.41) is 0. The topological polar surface area (TPSA) is 43.1 Å². The minimum Gasteiger partial charge on any atom is -0.399 e. The molecule has 0 amide bonds. The zero-order valence-corrected chi connectivity index (χ0v) is 7.36. The third-order valence-corrected chi connectivity index (χ3v) is 2.97. The van der Waals surface area contributed by atoms with Crippen LogP contribution in [0.3, 0.4) is 0 Å². The molecule has 2 nitrogen and oxygen atoms in total. The van der Waals surface area contributed by atoms with Crippen LogP contribution in [0.5, 0.6) is 0 Å². The second kappa shape index (κ2) is 2.83. The Hall–Kier alpha value is -0.960. The highest BCUT2D eigenvalue weighted by Gasteiger charge is 2.16. The summed E-state index contributed by atoms with van der Waals surface area (Å²) in [5.41, 5.74) is 7.05. The van der Waals surface area contributed by atoms with Crippen LogP contribution in [0.2, 0.25) is 0 Å². The van der Waals surface area contributed by atoms with Crippen molar-refractivity contribution in [3.8, 4) is 0 Å². The maximum Gasteiger partial charge on any atom is 0.164 e. The summed E-state index contributed by atoms with van der Waals surface area (Å²) in [6.07, 6.45) is 0.640. The first-order valence-corrected chi connectivity index (χ1v) is 4.81. The molecule has 1 heterocycles. The lowest BCUT2D eigenvalue weighted by atomic mass is 10.1. The smallest absolute Gasteiger partial charge is 0.164 e. The molecule has 0 atom stereocenters. The van der Waals surface area contributed by atoms with Crippen molar-refractivity contribution in [2.24, 2.45) is 0 Å². The minimum atomic E-state index is 0.219. The number of ketones is 1. The van der Waals surface area contributed by atoms with Gasteiger partial charge in [-0.3, -0.25) is 4.79 Å². The maximum absolute atomic E-state index is 11.4. The normalized spacial score (nSPS) is 15.8. The highest BCUT2D eigenvalue weighted by molar-refractivity contribution is 7.99. The van der Waals surface area contributed by atoms with E-state index in [0.29, 0.717) is 12.1 Å². The Morgan fingerprint density at radius 1 is 1.42 bits per heavy atom. The van der Waals surface area contributed by atoms with Gasteiger partial charge in [0.05, 0.1) is 0 Å². The van der Waals surface area contributed by atoms with Gasteiger partial charge in [0.2, 0.25) is 0 Å². The van der Waals surface area contributed by atoms with Gasteiger partial charge >= 0.3 is 0 Å². The van der Waals surface area contributed by atoms with Gasteiger partial charge in [-0.1, -0.05) is 0 Å². The first kappa shape index (κ1) is 7.68. The van der Waals surface area contributed by atoms with Crippen LogP contribution in [0.15, 0.2) is 23.1 Å². The van der Waals surface area contributed by atoms with E-state index >= 15 is 0 Å². The molecule has 1 aromatic rings. The number of carbonyl (C=O) groups is 1. The van der Waals surface area contributed by atoms with Crippen molar-refractivity contribution in [3.63, 3.8) is 0 Å². The van der Waals surface area contributed by atoms with E-state index in [1.54, 1.807) is 17.8 Å². The lowest BCUT2D eigenvalue weighted by Gasteiger charge is -2.13. The lowest BCUT2D eigenvalue weighted by molar-refractivity contribution is 0.0985. The van der Waals surface area contributed by atoms with Crippen molar-refractivity contribution in [1.29, 1.82) is 0 Å². The van der Waals surface area contributed by atoms with Crippen LogP contribution in [-0.2, 0) is 0 Å². The van der Waals surface area contributed by atoms with E-state index in [9.17, 15) is 4.79 Å². The summed E-state index contributed by atoms with van der Waals surface area (Å²) in [6, 6.07) is 5.53. The fraction of sp³-hybridized carbons (Fsp3) is 0.222. The van der Waals surface area contributed by atoms with Gasteiger partial charge in [0.1, 0.15) is 0 Å². The van der Waals surface area contributed by atoms with E-state index in [2.05, 4.69) is 0 Å². The summed E-state index contributed by atoms with van der Waals surface area (Å²) < 4.78 is 0. The van der Waals surface area contributed by atoms with Crippen LogP contribution >= 0.6 is 11.8 Å². The number of fused-ring (bicyclic) bond motifs is 1. The van der Waals surface area contributed by atoms with Crippen molar-refractivity contribution >= 4 is 23.2 Å². The highest BCUT2D eigenvalue weighted by Crippen LogP contribution is 2.30. The summed E-state index contributed by atoms with van der Waals surface area (Å²) in [6.45, 7) is 0. The molecule has 2 rings (SSSR count). The third-order valence-electron chi connectivity index (χ3n) is 1.89. The third kappa shape index (κ3) is 1.20. The molecule has 0 saturated heterocycles. The first-order valence-electron chi connectivity index (χ1n) is 3.83. The molecule has 0 aromatic heterocycles. The standard InChI is InChI=1S/C9H9NOS/c10-6-1-2-9-7(5-6)8(11)3-4-12-9/h1-2,5H,3-4,10H2. The Labute approximate surface area is 75.1 Å². The molecule has 12 heavy (non-hydrogen) atoms. The zero-order valence-electron chi connectivity index (χ0n) is 6.54. The van der Waals surface area contributed by atoms with E-state index in [1.807, 2.05) is 12.1 Å². The second-order valence-corrected chi connectivity index (χ2v) is 3.91. The molecule has 2 N–H and O–H groups in total. The molecule has 3 heteroatoms. The number of nitrogens with two attached hydrogens (primary N) is 1. The summed E-state index contributed by atoms with van der Waals surface area (Å²) in [7, 11) is 0. The number of thioether (sulfide) groups is 1. The molecular formula is C9H9NOS. The van der Waals surface area contributed by atoms with E-state index in [-0.39, 0.29) is 5.78 Å². The van der Waals surface area contributed by atoms with Gasteiger partial charge in [0, 0.05) is 28.3 Å². The molecule has 1 aliphatic rings. The van der Waals surface area contributed by atoms with Gasteiger partial charge in [-0.25, -0.2) is 0 Å². The maximum atomic E-state index is 11.4. The molecule has 0 bridgehead atoms. The van der Waals surface area contributed by atoms with Crippen LogP contribution in [0.25, 0.3) is 0 Å². The lowest BCUT2D eigenvalue weighted by Crippen LogP contribution is -2.08. The molecule has 1 aliphatic heterocycles. The van der Waals surface area contributed by atoms with Crippen LogP contribution < -0.4 is 5.73 Å². The van der Waals surface area contributed by atoms with Crippen molar-refractivity contribution < 1.29 is 4.79 Å². The van der Waals surface area contributed by atoms with Crippen LogP contribution in [-0.4, -0.2) is 11.5 Å². The Kier molecular flexibility index (Phi) is 1.81. The van der Waals surface area contributed by atoms with Gasteiger partial charge < -0.3 is 5.73 Å². The SMILES string of the molecule is Nc1ccc2c(c1)C(=O)CCS2. The average molecular weight is 179 g/mol. The Morgan fingerprint density at radius 3 is 3.08 bits per heavy atom. The van der Waals surface area contributed by atoms with Crippen molar-refractivity contribution in [1.82, 2.24) is 0 Å². The number of nitrogen functional groups attached to an aromatic ring is 1. The second-order valence-electron chi connectivity index (χ2n) is 2.78. The Balaban J connectivity index is 2.54. The molecular weight excluding hydrogens is 170 g/mol. The monoisotopic (exact) mass is 179 g/mol. The zero-order chi connectivity index (χ0) is 8.55. The van der Waals surface area contributed by atoms with Gasteiger partial charge in [0.15, 0.2) is 5.78 Å². The Morgan fingerprint density at radius 2 is 2.25 bits per heavy atom. The predicted molar refractivity (Wildman–Crippen MR) is 50.5 cm³/mol. The minimum absolute atomic E-state index is 0.219. The molecule has 0 aliphatic carbocycles. The average Bonchev–Trinajstić information content (AvgIpc) is 2.07. The van der Waals surface area contributed by atoms with Crippen LogP contribution in [0.4, 0.5) is 5.69 Å². The summed E-state index contributed by atoms with van der Waals surface area (Å²) >= 11 is 1.72. The van der Waals surface area contributed by atoms with E-state index < -0.39 is 0 Å². The number of hydrogen-bond donors (Lipinski definition) is 1. The highest BCUT2D eigenvalue weighted by atomic mass is 32.2. The number of anilines is 1. The number of hydrogen-bond acceptors (Lipinski definition) is 3. The van der Waals surface area contributed by atoms with E-state index in [0.717, 1.165) is 16.2 Å². The largest absolute Gasteiger partial charge is 0.399 e. The molecule has 0 spiro atoms. The molecule has 0 saturated carbocycles. The fourth-order valence-corrected chi connectivity index (χ4v) is 2.28.